The van der Waals surface area contributed by atoms with Crippen molar-refractivity contribution in [1.29, 1.82) is 0 Å². The molecule has 1 amide bonds. The molecule has 190 valence electrons. The van der Waals surface area contributed by atoms with Gasteiger partial charge in [-0.1, -0.05) is 78.3 Å². The second-order valence-electron chi connectivity index (χ2n) is 10.9. The van der Waals surface area contributed by atoms with Gasteiger partial charge in [0.05, 0.1) is 0 Å². The Morgan fingerprint density at radius 1 is 0.897 bits per heavy atom. The van der Waals surface area contributed by atoms with Crippen molar-refractivity contribution < 1.29 is 4.79 Å². The van der Waals surface area contributed by atoms with Crippen LogP contribution in [0.25, 0.3) is 21.8 Å². The van der Waals surface area contributed by atoms with Crippen LogP contribution in [0.4, 0.5) is 5.69 Å². The van der Waals surface area contributed by atoms with Gasteiger partial charge in [0.1, 0.15) is 5.41 Å². The van der Waals surface area contributed by atoms with Crippen molar-refractivity contribution in [2.24, 2.45) is 0 Å². The molecule has 3 heterocycles. The molecule has 0 unspecified atom stereocenters. The lowest BCUT2D eigenvalue weighted by molar-refractivity contribution is -0.122. The van der Waals surface area contributed by atoms with Crippen LogP contribution < -0.4 is 4.90 Å². The number of aryl methyl sites for hydroxylation is 1. The molecule has 39 heavy (non-hydrogen) atoms. The fraction of sp³-hybridized carbons (Fsp3) is 0.147. The molecule has 5 heteroatoms. The van der Waals surface area contributed by atoms with Gasteiger partial charge in [-0.25, -0.2) is 0 Å². The zero-order valence-electron chi connectivity index (χ0n) is 21.6. The Kier molecular flexibility index (Phi) is 4.58. The van der Waals surface area contributed by atoms with Crippen LogP contribution in [-0.2, 0) is 10.2 Å². The van der Waals surface area contributed by atoms with E-state index < -0.39 is 5.41 Å². The minimum atomic E-state index is -0.917. The highest BCUT2D eigenvalue weighted by Gasteiger charge is 2.65. The Morgan fingerprint density at radius 2 is 1.67 bits per heavy atom. The number of aromatic amines is 2. The van der Waals surface area contributed by atoms with E-state index >= 15 is 0 Å². The highest BCUT2D eigenvalue weighted by atomic mass is 35.5. The number of nitrogens with one attached hydrogen (secondary N) is 2. The monoisotopic (exact) mass is 527 g/mol. The first kappa shape index (κ1) is 22.7. The number of anilines is 1. The van der Waals surface area contributed by atoms with Crippen molar-refractivity contribution in [3.8, 4) is 0 Å². The molecule has 0 fully saturated rings. The SMILES string of the molecule is Cc1c[nH]c2c([C@@H]3c4[nH]c5ccccc5c4[C@]4(C(=O)N(C)c5ccccc54)[C@H]3c3cccc(Cl)c3)cccc12. The number of para-hydroxylation sites is 3. The summed E-state index contributed by atoms with van der Waals surface area (Å²) in [4.78, 5) is 24.1. The van der Waals surface area contributed by atoms with Gasteiger partial charge in [0.25, 0.3) is 0 Å². The summed E-state index contributed by atoms with van der Waals surface area (Å²) in [5.74, 6) is -0.233. The Morgan fingerprint density at radius 3 is 2.54 bits per heavy atom. The number of rotatable bonds is 2. The standard InChI is InChI=1S/C34H26ClN3O/c1-19-18-36-31-22(19)12-8-13-24(31)28-29(20-9-7-10-21(35)17-20)34(25-14-4-6-16-27(25)38(2)33(34)39)30-23-11-3-5-15-26(23)37-32(28)30/h3-18,28-29,36-37H,1-2H3/t28-,29-,34+/m0/s1. The van der Waals surface area contributed by atoms with E-state index in [2.05, 4.69) is 89.8 Å². The van der Waals surface area contributed by atoms with Crippen LogP contribution in [0.15, 0.2) is 97.2 Å². The third-order valence-electron chi connectivity index (χ3n) is 9.07. The molecule has 2 aliphatic rings. The van der Waals surface area contributed by atoms with Gasteiger partial charge in [0.15, 0.2) is 0 Å². The molecule has 0 saturated carbocycles. The number of carbonyl (C=O) groups is 1. The van der Waals surface area contributed by atoms with Gasteiger partial charge in [-0.05, 0) is 53.4 Å². The zero-order valence-corrected chi connectivity index (χ0v) is 22.4. The molecule has 3 atom stereocenters. The summed E-state index contributed by atoms with van der Waals surface area (Å²) in [5, 5.41) is 2.96. The van der Waals surface area contributed by atoms with Crippen LogP contribution >= 0.6 is 11.6 Å². The second-order valence-corrected chi connectivity index (χ2v) is 11.3. The number of amides is 1. The second kappa shape index (κ2) is 7.87. The number of likely N-dealkylation sites (N-methyl/N-ethyl adjacent to an activating group) is 1. The maximum Gasteiger partial charge on any atom is 0.242 e. The summed E-state index contributed by atoms with van der Waals surface area (Å²) in [7, 11) is 1.90. The normalized spacial score (nSPS) is 21.8. The first-order valence-corrected chi connectivity index (χ1v) is 13.7. The first-order chi connectivity index (χ1) is 19.0. The molecule has 0 radical (unpaired) electrons. The molecule has 0 saturated heterocycles. The largest absolute Gasteiger partial charge is 0.361 e. The molecule has 4 nitrogen and oxygen atoms in total. The number of benzene rings is 4. The predicted molar refractivity (Wildman–Crippen MR) is 158 cm³/mol. The van der Waals surface area contributed by atoms with Crippen LogP contribution in [-0.4, -0.2) is 22.9 Å². The lowest BCUT2D eigenvalue weighted by atomic mass is 9.64. The van der Waals surface area contributed by atoms with Crippen molar-refractivity contribution in [2.75, 3.05) is 11.9 Å². The zero-order chi connectivity index (χ0) is 26.5. The number of hydrogen-bond acceptors (Lipinski definition) is 1. The van der Waals surface area contributed by atoms with E-state index in [0.717, 1.165) is 44.5 Å². The van der Waals surface area contributed by atoms with E-state index in [1.165, 1.54) is 16.5 Å². The van der Waals surface area contributed by atoms with Crippen LogP contribution in [0.5, 0.6) is 0 Å². The Labute approximate surface area is 231 Å². The van der Waals surface area contributed by atoms with Crippen molar-refractivity contribution in [3.63, 3.8) is 0 Å². The van der Waals surface area contributed by atoms with Gasteiger partial charge in [-0.2, -0.15) is 0 Å². The van der Waals surface area contributed by atoms with E-state index in [0.29, 0.717) is 5.02 Å². The number of halogens is 1. The number of fused-ring (bicyclic) bond motifs is 7. The lowest BCUT2D eigenvalue weighted by Gasteiger charge is -2.35. The topological polar surface area (TPSA) is 51.9 Å². The number of carbonyl (C=O) groups excluding carboxylic acids is 1. The third-order valence-corrected chi connectivity index (χ3v) is 9.30. The first-order valence-electron chi connectivity index (χ1n) is 13.3. The summed E-state index contributed by atoms with van der Waals surface area (Å²) < 4.78 is 0. The molecule has 4 aromatic carbocycles. The highest BCUT2D eigenvalue weighted by Crippen LogP contribution is 2.66. The van der Waals surface area contributed by atoms with Gasteiger partial charge in [0, 0.05) is 68.9 Å². The number of aromatic nitrogens is 2. The van der Waals surface area contributed by atoms with Gasteiger partial charge in [-0.3, -0.25) is 4.79 Å². The number of nitrogens with zero attached hydrogens (tertiary/aromatic N) is 1. The fourth-order valence-corrected chi connectivity index (χ4v) is 7.78. The molecule has 2 N–H and O–H groups in total. The van der Waals surface area contributed by atoms with Gasteiger partial charge in [0.2, 0.25) is 5.91 Å². The molecular formula is C34H26ClN3O. The van der Waals surface area contributed by atoms with Crippen LogP contribution in [0, 0.1) is 6.92 Å². The minimum absolute atomic E-state index is 0.0945. The Hall–Kier alpha value is -4.28. The van der Waals surface area contributed by atoms with Gasteiger partial charge < -0.3 is 14.9 Å². The summed E-state index contributed by atoms with van der Waals surface area (Å²) in [6.45, 7) is 2.13. The average Bonchev–Trinajstić information content (AvgIpc) is 3.66. The summed E-state index contributed by atoms with van der Waals surface area (Å²) in [5.41, 5.74) is 8.86. The van der Waals surface area contributed by atoms with E-state index in [1.807, 2.05) is 36.2 Å². The van der Waals surface area contributed by atoms with E-state index in [1.54, 1.807) is 0 Å². The third kappa shape index (κ3) is 2.77. The number of hydrogen-bond donors (Lipinski definition) is 2. The Bertz CT molecular complexity index is 1970. The molecule has 2 aromatic heterocycles. The van der Waals surface area contributed by atoms with Crippen LogP contribution in [0.1, 0.15) is 45.3 Å². The van der Waals surface area contributed by atoms with Crippen molar-refractivity contribution in [2.45, 2.75) is 24.2 Å². The molecule has 0 bridgehead atoms. The Balaban J connectivity index is 1.57. The van der Waals surface area contributed by atoms with E-state index in [-0.39, 0.29) is 17.7 Å². The molecular weight excluding hydrogens is 502 g/mol. The predicted octanol–water partition coefficient (Wildman–Crippen LogP) is 7.80. The molecule has 6 aromatic rings. The van der Waals surface area contributed by atoms with E-state index in [9.17, 15) is 4.79 Å². The molecule has 8 rings (SSSR count). The summed E-state index contributed by atoms with van der Waals surface area (Å²) in [6.07, 6.45) is 2.07. The van der Waals surface area contributed by atoms with Crippen LogP contribution in [0.2, 0.25) is 5.02 Å². The maximum atomic E-state index is 14.9. The average molecular weight is 528 g/mol. The highest BCUT2D eigenvalue weighted by molar-refractivity contribution is 6.30. The maximum absolute atomic E-state index is 14.9. The van der Waals surface area contributed by atoms with Crippen molar-refractivity contribution in [3.05, 3.63) is 136 Å². The molecule has 1 spiro atoms. The smallest absolute Gasteiger partial charge is 0.242 e. The van der Waals surface area contributed by atoms with Gasteiger partial charge >= 0.3 is 0 Å². The molecule has 1 aliphatic carbocycles. The summed E-state index contributed by atoms with van der Waals surface area (Å²) in [6, 6.07) is 31.3. The minimum Gasteiger partial charge on any atom is -0.361 e. The van der Waals surface area contributed by atoms with Crippen molar-refractivity contribution >= 4 is 45.0 Å². The molecule has 1 aliphatic heterocycles. The number of H-pyrrole nitrogens is 2. The van der Waals surface area contributed by atoms with E-state index in [4.69, 9.17) is 11.6 Å². The fourth-order valence-electron chi connectivity index (χ4n) is 7.58. The van der Waals surface area contributed by atoms with Crippen molar-refractivity contribution in [1.82, 2.24) is 9.97 Å². The summed E-state index contributed by atoms with van der Waals surface area (Å²) >= 11 is 6.65. The van der Waals surface area contributed by atoms with Crippen LogP contribution in [0.3, 0.4) is 0 Å². The van der Waals surface area contributed by atoms with Gasteiger partial charge in [-0.15, -0.1) is 0 Å². The quantitative estimate of drug-likeness (QED) is 0.237. The lowest BCUT2D eigenvalue weighted by Crippen LogP contribution is -2.43.